The van der Waals surface area contributed by atoms with Gasteiger partial charge in [-0.15, -0.1) is 0 Å². The maximum Gasteiger partial charge on any atom is 0.418 e. The number of carbonyl (C=O) groups is 1. The highest BCUT2D eigenvalue weighted by Crippen LogP contribution is 2.35. The molecule has 1 aromatic carbocycles. The van der Waals surface area contributed by atoms with Crippen molar-refractivity contribution in [2.75, 3.05) is 23.9 Å². The molecule has 1 aromatic rings. The van der Waals surface area contributed by atoms with E-state index in [-0.39, 0.29) is 17.3 Å². The van der Waals surface area contributed by atoms with Crippen LogP contribution in [0.4, 0.5) is 18.9 Å². The van der Waals surface area contributed by atoms with Crippen molar-refractivity contribution in [3.63, 3.8) is 0 Å². The Balaban J connectivity index is 2.17. The van der Waals surface area contributed by atoms with Crippen molar-refractivity contribution in [1.29, 1.82) is 0 Å². The van der Waals surface area contributed by atoms with Crippen LogP contribution >= 0.6 is 11.8 Å². The monoisotopic (exact) mass is 318 g/mol. The Labute approximate surface area is 125 Å². The van der Waals surface area contributed by atoms with Crippen LogP contribution in [0.3, 0.4) is 0 Å². The van der Waals surface area contributed by atoms with Crippen LogP contribution in [0.1, 0.15) is 28.8 Å². The van der Waals surface area contributed by atoms with E-state index >= 15 is 0 Å². The molecule has 2 N–H and O–H groups in total. The van der Waals surface area contributed by atoms with Crippen LogP contribution < -0.4 is 10.6 Å². The van der Waals surface area contributed by atoms with Crippen molar-refractivity contribution in [2.24, 2.45) is 0 Å². The molecular weight excluding hydrogens is 301 g/mol. The first-order valence-corrected chi connectivity index (χ1v) is 7.85. The maximum absolute atomic E-state index is 13.0. The summed E-state index contributed by atoms with van der Waals surface area (Å²) in [6, 6.07) is 3.63. The second kappa shape index (κ2) is 6.60. The molecule has 0 aliphatic carbocycles. The quantitative estimate of drug-likeness (QED) is 0.898. The molecule has 1 fully saturated rings. The van der Waals surface area contributed by atoms with Gasteiger partial charge in [0.1, 0.15) is 0 Å². The van der Waals surface area contributed by atoms with E-state index in [9.17, 15) is 18.0 Å². The molecule has 0 radical (unpaired) electrons. The topological polar surface area (TPSA) is 41.1 Å². The number of rotatable bonds is 3. The Morgan fingerprint density at radius 3 is 2.71 bits per heavy atom. The third kappa shape index (κ3) is 4.06. The summed E-state index contributed by atoms with van der Waals surface area (Å²) in [7, 11) is 1.42. The second-order valence-corrected chi connectivity index (χ2v) is 6.05. The van der Waals surface area contributed by atoms with Crippen LogP contribution in [0.2, 0.25) is 0 Å². The highest BCUT2D eigenvalue weighted by atomic mass is 32.2. The molecule has 0 aromatic heterocycles. The van der Waals surface area contributed by atoms with E-state index in [0.717, 1.165) is 30.4 Å². The molecule has 7 heteroatoms. The third-order valence-corrected chi connectivity index (χ3v) is 4.57. The molecule has 1 aliphatic rings. The van der Waals surface area contributed by atoms with Gasteiger partial charge in [-0.25, -0.2) is 0 Å². The molecule has 116 valence electrons. The zero-order valence-electron chi connectivity index (χ0n) is 11.6. The molecule has 0 bridgehead atoms. The van der Waals surface area contributed by atoms with E-state index in [2.05, 4.69) is 10.6 Å². The summed E-state index contributed by atoms with van der Waals surface area (Å²) in [5, 5.41) is 5.30. The Bertz CT molecular complexity index is 513. The van der Waals surface area contributed by atoms with Gasteiger partial charge in [0, 0.05) is 30.1 Å². The second-order valence-electron chi connectivity index (χ2n) is 4.90. The molecule has 21 heavy (non-hydrogen) atoms. The minimum Gasteiger partial charge on any atom is -0.388 e. The number of amides is 1. The molecule has 1 atom stereocenters. The van der Waals surface area contributed by atoms with Crippen molar-refractivity contribution in [1.82, 2.24) is 5.32 Å². The van der Waals surface area contributed by atoms with Gasteiger partial charge in [0.2, 0.25) is 0 Å². The lowest BCUT2D eigenvalue weighted by Gasteiger charge is -2.22. The zero-order valence-corrected chi connectivity index (χ0v) is 12.4. The van der Waals surface area contributed by atoms with Gasteiger partial charge in [0.05, 0.1) is 5.56 Å². The summed E-state index contributed by atoms with van der Waals surface area (Å²) >= 11 is 1.75. The van der Waals surface area contributed by atoms with E-state index in [4.69, 9.17) is 0 Å². The number of thioether (sulfide) groups is 1. The fourth-order valence-corrected chi connectivity index (χ4v) is 3.33. The first-order chi connectivity index (χ1) is 9.91. The Morgan fingerprint density at radius 1 is 1.38 bits per heavy atom. The summed E-state index contributed by atoms with van der Waals surface area (Å²) < 4.78 is 38.9. The minimum atomic E-state index is -4.49. The van der Waals surface area contributed by atoms with Crippen molar-refractivity contribution in [2.45, 2.75) is 25.1 Å². The van der Waals surface area contributed by atoms with E-state index < -0.39 is 17.6 Å². The molecule has 1 saturated heterocycles. The largest absolute Gasteiger partial charge is 0.418 e. The lowest BCUT2D eigenvalue weighted by atomic mass is 10.1. The number of alkyl halides is 3. The molecule has 3 nitrogen and oxygen atoms in total. The predicted molar refractivity (Wildman–Crippen MR) is 78.8 cm³/mol. The van der Waals surface area contributed by atoms with Gasteiger partial charge in [-0.2, -0.15) is 24.9 Å². The van der Waals surface area contributed by atoms with Crippen LogP contribution in [0.15, 0.2) is 18.2 Å². The summed E-state index contributed by atoms with van der Waals surface area (Å²) in [5.74, 6) is 1.43. The average Bonchev–Trinajstić information content (AvgIpc) is 2.46. The normalized spacial score (nSPS) is 19.1. The third-order valence-electron chi connectivity index (χ3n) is 3.35. The maximum atomic E-state index is 13.0. The van der Waals surface area contributed by atoms with Crippen LogP contribution in [-0.2, 0) is 6.18 Å². The van der Waals surface area contributed by atoms with Gasteiger partial charge in [0.15, 0.2) is 0 Å². The lowest BCUT2D eigenvalue weighted by molar-refractivity contribution is -0.136. The van der Waals surface area contributed by atoms with Crippen LogP contribution in [0.5, 0.6) is 0 Å². The first kappa shape index (κ1) is 16.0. The molecule has 0 saturated carbocycles. The highest BCUT2D eigenvalue weighted by Gasteiger charge is 2.34. The number of benzene rings is 1. The van der Waals surface area contributed by atoms with E-state index in [1.165, 1.54) is 19.2 Å². The van der Waals surface area contributed by atoms with Gasteiger partial charge in [-0.05, 0) is 36.8 Å². The van der Waals surface area contributed by atoms with E-state index in [0.29, 0.717) is 0 Å². The smallest absolute Gasteiger partial charge is 0.388 e. The number of hydrogen-bond acceptors (Lipinski definition) is 3. The summed E-state index contributed by atoms with van der Waals surface area (Å²) in [6.07, 6.45) is -2.60. The minimum absolute atomic E-state index is 0.0349. The fraction of sp³-hybridized carbons (Fsp3) is 0.500. The number of nitrogens with one attached hydrogen (secondary N) is 2. The molecule has 1 aliphatic heterocycles. The van der Waals surface area contributed by atoms with E-state index in [1.54, 1.807) is 11.8 Å². The van der Waals surface area contributed by atoms with Crippen molar-refractivity contribution >= 4 is 23.4 Å². The number of anilines is 1. The van der Waals surface area contributed by atoms with Crippen LogP contribution in [0, 0.1) is 0 Å². The molecule has 0 spiro atoms. The molecule has 2 rings (SSSR count). The van der Waals surface area contributed by atoms with Crippen LogP contribution in [0.25, 0.3) is 0 Å². The first-order valence-electron chi connectivity index (χ1n) is 6.69. The predicted octanol–water partition coefficient (Wildman–Crippen LogP) is 3.37. The average molecular weight is 318 g/mol. The van der Waals surface area contributed by atoms with Crippen molar-refractivity contribution in [3.05, 3.63) is 29.3 Å². The fourth-order valence-electron chi connectivity index (χ4n) is 2.26. The summed E-state index contributed by atoms with van der Waals surface area (Å²) in [4.78, 5) is 12.1. The van der Waals surface area contributed by atoms with Crippen molar-refractivity contribution < 1.29 is 18.0 Å². The zero-order chi connectivity index (χ0) is 15.5. The molecule has 1 heterocycles. The van der Waals surface area contributed by atoms with Gasteiger partial charge in [0.25, 0.3) is 5.91 Å². The Hall–Kier alpha value is -1.37. The van der Waals surface area contributed by atoms with Gasteiger partial charge in [-0.1, -0.05) is 0 Å². The van der Waals surface area contributed by atoms with Gasteiger partial charge < -0.3 is 10.6 Å². The standard InChI is InChI=1S/C14H17F3N2OS/c1-18-12-5-4-9(7-11(12)14(15,16)17)13(20)19-10-3-2-6-21-8-10/h4-5,7,10,18H,2-3,6,8H2,1H3,(H,19,20). The van der Waals surface area contributed by atoms with Gasteiger partial charge in [-0.3, -0.25) is 4.79 Å². The Kier molecular flexibility index (Phi) is 5.03. The van der Waals surface area contributed by atoms with E-state index in [1.807, 2.05) is 0 Å². The van der Waals surface area contributed by atoms with Gasteiger partial charge >= 0.3 is 6.18 Å². The number of halogens is 3. The van der Waals surface area contributed by atoms with Crippen molar-refractivity contribution in [3.8, 4) is 0 Å². The number of hydrogen-bond donors (Lipinski definition) is 2. The summed E-state index contributed by atoms with van der Waals surface area (Å²) in [6.45, 7) is 0. The summed E-state index contributed by atoms with van der Waals surface area (Å²) in [5.41, 5.74) is -0.820. The SMILES string of the molecule is CNc1ccc(C(=O)NC2CCCSC2)cc1C(F)(F)F. The lowest BCUT2D eigenvalue weighted by Crippen LogP contribution is -2.38. The highest BCUT2D eigenvalue weighted by molar-refractivity contribution is 7.99. The molecular formula is C14H17F3N2OS. The Morgan fingerprint density at radius 2 is 2.14 bits per heavy atom. The number of carbonyl (C=O) groups excluding carboxylic acids is 1. The molecule has 1 unspecified atom stereocenters. The van der Waals surface area contributed by atoms with Crippen LogP contribution in [-0.4, -0.2) is 30.5 Å². The molecule has 1 amide bonds.